The van der Waals surface area contributed by atoms with Gasteiger partial charge in [-0.3, -0.25) is 9.78 Å². The molecule has 0 aliphatic heterocycles. The maximum Gasteiger partial charge on any atom is 0.255 e. The summed E-state index contributed by atoms with van der Waals surface area (Å²) in [5.74, 6) is 0.793. The number of amides is 1. The van der Waals surface area contributed by atoms with Crippen molar-refractivity contribution in [2.75, 3.05) is 19.0 Å². The highest BCUT2D eigenvalue weighted by molar-refractivity contribution is 6.09. The van der Waals surface area contributed by atoms with E-state index in [9.17, 15) is 4.79 Å². The molecule has 5 nitrogen and oxygen atoms in total. The zero-order valence-corrected chi connectivity index (χ0v) is 17.7. The predicted octanol–water partition coefficient (Wildman–Crippen LogP) is 5.45. The third-order valence-corrected chi connectivity index (χ3v) is 4.57. The van der Waals surface area contributed by atoms with Crippen molar-refractivity contribution in [2.24, 2.45) is 0 Å². The van der Waals surface area contributed by atoms with Crippen LogP contribution in [0.25, 0.3) is 10.9 Å². The zero-order valence-electron chi connectivity index (χ0n) is 16.9. The van der Waals surface area contributed by atoms with Crippen LogP contribution in [-0.2, 0) is 0 Å². The summed E-state index contributed by atoms with van der Waals surface area (Å²) in [6.45, 7) is 8.33. The van der Waals surface area contributed by atoms with Gasteiger partial charge in [-0.15, -0.1) is 19.0 Å². The van der Waals surface area contributed by atoms with Crippen LogP contribution in [0.15, 0.2) is 61.3 Å². The Morgan fingerprint density at radius 2 is 1.97 bits per heavy atom. The Hall–Kier alpha value is -3.05. The number of methoxy groups -OCH3 is 1. The van der Waals surface area contributed by atoms with Gasteiger partial charge in [-0.2, -0.15) is 0 Å². The monoisotopic (exact) mass is 411 g/mol. The minimum absolute atomic E-state index is 0. The number of nitrogens with zero attached hydrogens (tertiary/aromatic N) is 1. The smallest absolute Gasteiger partial charge is 0.255 e. The van der Waals surface area contributed by atoms with Crippen molar-refractivity contribution in [3.8, 4) is 5.75 Å². The lowest BCUT2D eigenvalue weighted by Gasteiger charge is -2.19. The Balaban J connectivity index is 0.00000300. The molecule has 1 heterocycles. The molecule has 1 amide bonds. The van der Waals surface area contributed by atoms with E-state index in [0.717, 1.165) is 11.1 Å². The Morgan fingerprint density at radius 3 is 2.66 bits per heavy atom. The van der Waals surface area contributed by atoms with E-state index in [4.69, 9.17) is 4.74 Å². The van der Waals surface area contributed by atoms with Gasteiger partial charge in [0.2, 0.25) is 0 Å². The summed E-state index contributed by atoms with van der Waals surface area (Å²) >= 11 is 0. The highest BCUT2D eigenvalue weighted by Gasteiger charge is 2.18. The van der Waals surface area contributed by atoms with Crippen LogP contribution in [0.2, 0.25) is 0 Å². The van der Waals surface area contributed by atoms with E-state index in [1.807, 2.05) is 36.4 Å². The first-order valence-corrected chi connectivity index (χ1v) is 9.27. The molecule has 0 unspecified atom stereocenters. The van der Waals surface area contributed by atoms with E-state index in [-0.39, 0.29) is 18.3 Å². The van der Waals surface area contributed by atoms with E-state index in [1.165, 1.54) is 5.56 Å². The summed E-state index contributed by atoms with van der Waals surface area (Å²) in [4.78, 5) is 17.3. The number of ether oxygens (including phenoxy) is 1. The standard InChI is InChI=1S/C23H25N3O2.ClH/c1-5-13-24-23(27)18-14-25-22-17(10-8-12-20(22)28-4)21(18)26-19-11-7-6-9-16(19)15(2)3;/h5-12,14-15H,1,13H2,2-4H3,(H,24,27)(H,25,26);1H. The average Bonchev–Trinajstić information content (AvgIpc) is 2.71. The maximum atomic E-state index is 12.8. The van der Waals surface area contributed by atoms with Gasteiger partial charge in [0, 0.05) is 23.8 Å². The van der Waals surface area contributed by atoms with Crippen LogP contribution >= 0.6 is 12.4 Å². The Kier molecular flexibility index (Phi) is 7.62. The van der Waals surface area contributed by atoms with Gasteiger partial charge in [-0.1, -0.05) is 50.3 Å². The molecule has 0 spiro atoms. The molecule has 3 aromatic rings. The molecule has 0 saturated carbocycles. The highest BCUT2D eigenvalue weighted by atomic mass is 35.5. The molecule has 0 fully saturated rings. The molecule has 29 heavy (non-hydrogen) atoms. The minimum Gasteiger partial charge on any atom is -0.494 e. The fraction of sp³-hybridized carbons (Fsp3) is 0.217. The van der Waals surface area contributed by atoms with Gasteiger partial charge in [-0.25, -0.2) is 0 Å². The highest BCUT2D eigenvalue weighted by Crippen LogP contribution is 2.35. The Morgan fingerprint density at radius 1 is 1.21 bits per heavy atom. The normalized spacial score (nSPS) is 10.3. The summed E-state index contributed by atoms with van der Waals surface area (Å²) in [5, 5.41) is 7.15. The second kappa shape index (κ2) is 9.94. The first kappa shape index (κ1) is 22.2. The van der Waals surface area contributed by atoms with Crippen molar-refractivity contribution >= 4 is 40.6 Å². The molecule has 0 bridgehead atoms. The Bertz CT molecular complexity index is 1020. The van der Waals surface area contributed by atoms with Gasteiger partial charge >= 0.3 is 0 Å². The molecule has 0 aliphatic carbocycles. The van der Waals surface area contributed by atoms with Crippen LogP contribution in [0.3, 0.4) is 0 Å². The van der Waals surface area contributed by atoms with Gasteiger partial charge in [0.05, 0.1) is 18.4 Å². The van der Waals surface area contributed by atoms with E-state index >= 15 is 0 Å². The third-order valence-electron chi connectivity index (χ3n) is 4.57. The number of aromatic nitrogens is 1. The van der Waals surface area contributed by atoms with Crippen molar-refractivity contribution in [3.05, 3.63) is 72.4 Å². The number of carbonyl (C=O) groups excluding carboxylic acids is 1. The number of nitrogens with one attached hydrogen (secondary N) is 2. The number of halogens is 1. The number of benzene rings is 2. The van der Waals surface area contributed by atoms with Crippen molar-refractivity contribution in [2.45, 2.75) is 19.8 Å². The number of anilines is 2. The lowest BCUT2D eigenvalue weighted by Crippen LogP contribution is -2.24. The van der Waals surface area contributed by atoms with Crippen LogP contribution in [0, 0.1) is 0 Å². The lowest BCUT2D eigenvalue weighted by molar-refractivity contribution is 0.0958. The van der Waals surface area contributed by atoms with Crippen LogP contribution in [-0.4, -0.2) is 24.5 Å². The molecule has 2 aromatic carbocycles. The molecule has 0 aliphatic rings. The van der Waals surface area contributed by atoms with Crippen LogP contribution in [0.4, 0.5) is 11.4 Å². The van der Waals surface area contributed by atoms with E-state index in [0.29, 0.717) is 35.0 Å². The fourth-order valence-corrected chi connectivity index (χ4v) is 3.18. The molecule has 3 rings (SSSR count). The molecule has 1 aromatic heterocycles. The van der Waals surface area contributed by atoms with E-state index < -0.39 is 0 Å². The molecule has 0 radical (unpaired) electrons. The topological polar surface area (TPSA) is 63.2 Å². The quantitative estimate of drug-likeness (QED) is 0.507. The van der Waals surface area contributed by atoms with E-state index in [1.54, 1.807) is 19.4 Å². The van der Waals surface area contributed by atoms with Crippen molar-refractivity contribution in [1.82, 2.24) is 10.3 Å². The number of rotatable bonds is 7. The van der Waals surface area contributed by atoms with Gasteiger partial charge in [-0.05, 0) is 23.6 Å². The predicted molar refractivity (Wildman–Crippen MR) is 122 cm³/mol. The van der Waals surface area contributed by atoms with E-state index in [2.05, 4.69) is 42.1 Å². The molecule has 2 N–H and O–H groups in total. The molecular formula is C23H26ClN3O2. The van der Waals surface area contributed by atoms with Gasteiger partial charge in [0.15, 0.2) is 0 Å². The summed E-state index contributed by atoms with van der Waals surface area (Å²) in [5.41, 5.74) is 4.02. The number of pyridine rings is 1. The van der Waals surface area contributed by atoms with Crippen molar-refractivity contribution in [3.63, 3.8) is 0 Å². The van der Waals surface area contributed by atoms with Crippen LogP contribution in [0.5, 0.6) is 5.75 Å². The second-order valence-corrected chi connectivity index (χ2v) is 6.77. The fourth-order valence-electron chi connectivity index (χ4n) is 3.18. The SMILES string of the molecule is C=CCNC(=O)c1cnc2c(OC)cccc2c1Nc1ccccc1C(C)C.Cl. The molecule has 152 valence electrons. The second-order valence-electron chi connectivity index (χ2n) is 6.77. The van der Waals surface area contributed by atoms with Gasteiger partial charge in [0.25, 0.3) is 5.91 Å². The third kappa shape index (κ3) is 4.69. The molecule has 0 atom stereocenters. The summed E-state index contributed by atoms with van der Waals surface area (Å²) in [6, 6.07) is 13.8. The summed E-state index contributed by atoms with van der Waals surface area (Å²) < 4.78 is 5.46. The molecule has 6 heteroatoms. The number of carbonyl (C=O) groups is 1. The van der Waals surface area contributed by atoms with Gasteiger partial charge < -0.3 is 15.4 Å². The van der Waals surface area contributed by atoms with Crippen molar-refractivity contribution < 1.29 is 9.53 Å². The first-order valence-electron chi connectivity index (χ1n) is 9.27. The number of hydrogen-bond acceptors (Lipinski definition) is 4. The molecular weight excluding hydrogens is 386 g/mol. The Labute approximate surface area is 177 Å². The van der Waals surface area contributed by atoms with Crippen molar-refractivity contribution in [1.29, 1.82) is 0 Å². The number of para-hydroxylation sites is 2. The molecule has 0 saturated heterocycles. The van der Waals surface area contributed by atoms with Gasteiger partial charge in [0.1, 0.15) is 11.3 Å². The average molecular weight is 412 g/mol. The lowest BCUT2D eigenvalue weighted by atomic mass is 10.00. The summed E-state index contributed by atoms with van der Waals surface area (Å²) in [6.07, 6.45) is 3.24. The number of fused-ring (bicyclic) bond motifs is 1. The van der Waals surface area contributed by atoms with Crippen LogP contribution < -0.4 is 15.4 Å². The largest absolute Gasteiger partial charge is 0.494 e. The zero-order chi connectivity index (χ0) is 20.1. The maximum absolute atomic E-state index is 12.8. The minimum atomic E-state index is -0.207. The first-order chi connectivity index (χ1) is 13.6. The van der Waals surface area contributed by atoms with Crippen LogP contribution in [0.1, 0.15) is 35.7 Å². The number of hydrogen-bond donors (Lipinski definition) is 2. The summed E-state index contributed by atoms with van der Waals surface area (Å²) in [7, 11) is 1.61.